The number of piperidine rings is 1. The van der Waals surface area contributed by atoms with Gasteiger partial charge in [-0.15, -0.1) is 0 Å². The van der Waals surface area contributed by atoms with Crippen molar-refractivity contribution in [3.63, 3.8) is 0 Å². The molecule has 0 aromatic heterocycles. The van der Waals surface area contributed by atoms with Gasteiger partial charge in [0.1, 0.15) is 6.10 Å². The van der Waals surface area contributed by atoms with E-state index in [-0.39, 0.29) is 12.1 Å². The summed E-state index contributed by atoms with van der Waals surface area (Å²) in [7, 11) is 0. The zero-order valence-corrected chi connectivity index (χ0v) is 19.2. The van der Waals surface area contributed by atoms with Crippen molar-refractivity contribution < 1.29 is 29.3 Å². The summed E-state index contributed by atoms with van der Waals surface area (Å²) in [6.45, 7) is 2.26. The summed E-state index contributed by atoms with van der Waals surface area (Å²) >= 11 is 0. The van der Waals surface area contributed by atoms with Crippen molar-refractivity contribution in [2.75, 3.05) is 19.6 Å². The molecular formula is C27H31NO6. The van der Waals surface area contributed by atoms with Crippen LogP contribution in [0.2, 0.25) is 0 Å². The molecule has 0 atom stereocenters. The number of carbonyl (C=O) groups excluding carboxylic acids is 1. The first-order chi connectivity index (χ1) is 16.4. The fourth-order valence-electron chi connectivity index (χ4n) is 4.43. The van der Waals surface area contributed by atoms with E-state index in [0.717, 1.165) is 38.8 Å². The number of rotatable bonds is 5. The van der Waals surface area contributed by atoms with Crippen LogP contribution in [0.5, 0.6) is 0 Å². The van der Waals surface area contributed by atoms with Gasteiger partial charge >= 0.3 is 17.9 Å². The van der Waals surface area contributed by atoms with Crippen LogP contribution in [0.4, 0.5) is 0 Å². The van der Waals surface area contributed by atoms with Gasteiger partial charge in [-0.05, 0) is 55.2 Å². The Labute approximate surface area is 199 Å². The first-order valence-corrected chi connectivity index (χ1v) is 11.6. The second kappa shape index (κ2) is 12.7. The molecule has 1 aliphatic heterocycles. The minimum absolute atomic E-state index is 0.0503. The average Bonchev–Trinajstić information content (AvgIpc) is 3.35. The summed E-state index contributed by atoms with van der Waals surface area (Å²) in [6.07, 6.45) is 6.61. The molecule has 0 amide bonds. The van der Waals surface area contributed by atoms with Crippen molar-refractivity contribution in [2.45, 2.75) is 44.6 Å². The lowest BCUT2D eigenvalue weighted by Crippen LogP contribution is -2.37. The predicted molar refractivity (Wildman–Crippen MR) is 128 cm³/mol. The predicted octanol–water partition coefficient (Wildman–Crippen LogP) is 4.23. The van der Waals surface area contributed by atoms with Gasteiger partial charge in [0.05, 0.1) is 6.54 Å². The third-order valence-electron chi connectivity index (χ3n) is 6.07. The summed E-state index contributed by atoms with van der Waals surface area (Å²) in [5.41, 5.74) is 5.39. The van der Waals surface area contributed by atoms with Crippen LogP contribution < -0.4 is 0 Å². The monoisotopic (exact) mass is 465 g/mol. The number of nitrogens with zero attached hydrogens (tertiary/aromatic N) is 1. The van der Waals surface area contributed by atoms with Gasteiger partial charge in [0.25, 0.3) is 0 Å². The number of aliphatic carboxylic acids is 2. The van der Waals surface area contributed by atoms with Crippen molar-refractivity contribution >= 4 is 23.5 Å². The van der Waals surface area contributed by atoms with Crippen LogP contribution in [-0.4, -0.2) is 58.8 Å². The second-order valence-corrected chi connectivity index (χ2v) is 8.49. The third kappa shape index (κ3) is 7.56. The number of ether oxygens (including phenoxy) is 1. The van der Waals surface area contributed by atoms with Crippen molar-refractivity contribution in [1.82, 2.24) is 4.90 Å². The smallest absolute Gasteiger partial charge is 0.414 e. The maximum absolute atomic E-state index is 12.2. The van der Waals surface area contributed by atoms with Gasteiger partial charge in [-0.2, -0.15) is 0 Å². The van der Waals surface area contributed by atoms with E-state index in [1.165, 1.54) is 35.1 Å². The highest BCUT2D eigenvalue weighted by atomic mass is 16.5. The van der Waals surface area contributed by atoms with Gasteiger partial charge in [0, 0.05) is 13.1 Å². The van der Waals surface area contributed by atoms with Gasteiger partial charge in [-0.3, -0.25) is 9.69 Å². The summed E-state index contributed by atoms with van der Waals surface area (Å²) in [5.74, 6) is -3.70. The average molecular weight is 466 g/mol. The number of benzene rings is 2. The first kappa shape index (κ1) is 25.2. The first-order valence-electron chi connectivity index (χ1n) is 11.6. The van der Waals surface area contributed by atoms with Gasteiger partial charge in [-0.1, -0.05) is 66.2 Å². The van der Waals surface area contributed by atoms with Crippen molar-refractivity contribution in [3.05, 3.63) is 77.4 Å². The van der Waals surface area contributed by atoms with Crippen molar-refractivity contribution in [2.24, 2.45) is 0 Å². The molecule has 180 valence electrons. The molecule has 1 saturated carbocycles. The van der Waals surface area contributed by atoms with Crippen molar-refractivity contribution in [1.29, 1.82) is 0 Å². The highest BCUT2D eigenvalue weighted by Crippen LogP contribution is 2.32. The van der Waals surface area contributed by atoms with Gasteiger partial charge in [0.15, 0.2) is 0 Å². The molecule has 2 aromatic rings. The Balaban J connectivity index is 0.000000481. The van der Waals surface area contributed by atoms with Gasteiger partial charge < -0.3 is 14.9 Å². The van der Waals surface area contributed by atoms with Crippen molar-refractivity contribution in [3.8, 4) is 0 Å². The fourth-order valence-corrected chi connectivity index (χ4v) is 4.43. The number of hydrogen-bond donors (Lipinski definition) is 2. The molecular weight excluding hydrogens is 434 g/mol. The molecule has 0 unspecified atom stereocenters. The van der Waals surface area contributed by atoms with Crippen LogP contribution in [0.15, 0.2) is 66.2 Å². The van der Waals surface area contributed by atoms with Crippen LogP contribution in [0.1, 0.15) is 49.7 Å². The van der Waals surface area contributed by atoms with E-state index in [0.29, 0.717) is 6.54 Å². The third-order valence-corrected chi connectivity index (χ3v) is 6.07. The van der Waals surface area contributed by atoms with Crippen LogP contribution in [0, 0.1) is 0 Å². The zero-order chi connectivity index (χ0) is 24.3. The van der Waals surface area contributed by atoms with E-state index in [2.05, 4.69) is 65.6 Å². The normalized spacial score (nSPS) is 16.3. The molecule has 2 fully saturated rings. The molecule has 2 aliphatic rings. The van der Waals surface area contributed by atoms with E-state index in [1.807, 2.05) is 0 Å². The molecule has 0 bridgehead atoms. The highest BCUT2D eigenvalue weighted by molar-refractivity contribution is 6.27. The zero-order valence-electron chi connectivity index (χ0n) is 19.2. The quantitative estimate of drug-likeness (QED) is 0.503. The lowest BCUT2D eigenvalue weighted by atomic mass is 9.88. The minimum atomic E-state index is -1.82. The summed E-state index contributed by atoms with van der Waals surface area (Å²) in [6, 6.07) is 21.3. The van der Waals surface area contributed by atoms with Crippen LogP contribution >= 0.6 is 0 Å². The lowest BCUT2D eigenvalue weighted by Gasteiger charge is -2.29. The van der Waals surface area contributed by atoms with Gasteiger partial charge in [-0.25, -0.2) is 9.59 Å². The SMILES string of the molecule is O=C(CN1CCC(=C(c2ccccc2)c2ccccc2)CC1)OC1CCCC1.O=C(O)C(=O)O. The van der Waals surface area contributed by atoms with E-state index in [4.69, 9.17) is 24.5 Å². The molecule has 7 heteroatoms. The van der Waals surface area contributed by atoms with E-state index in [1.54, 1.807) is 0 Å². The molecule has 7 nitrogen and oxygen atoms in total. The highest BCUT2D eigenvalue weighted by Gasteiger charge is 2.23. The number of carbonyl (C=O) groups is 3. The van der Waals surface area contributed by atoms with E-state index in [9.17, 15) is 4.79 Å². The second-order valence-electron chi connectivity index (χ2n) is 8.49. The minimum Gasteiger partial charge on any atom is -0.473 e. The molecule has 1 aliphatic carbocycles. The molecule has 4 rings (SSSR count). The number of carboxylic acids is 2. The van der Waals surface area contributed by atoms with E-state index >= 15 is 0 Å². The Kier molecular flexibility index (Phi) is 9.40. The Bertz CT molecular complexity index is 933. The Morgan fingerprint density at radius 3 is 1.71 bits per heavy atom. The maximum Gasteiger partial charge on any atom is 0.414 e. The van der Waals surface area contributed by atoms with Crippen LogP contribution in [-0.2, 0) is 19.1 Å². The largest absolute Gasteiger partial charge is 0.473 e. The van der Waals surface area contributed by atoms with E-state index < -0.39 is 11.9 Å². The number of esters is 1. The summed E-state index contributed by atoms with van der Waals surface area (Å²) < 4.78 is 5.63. The Hall–Kier alpha value is -3.45. The fraction of sp³-hybridized carbons (Fsp3) is 0.370. The number of hydrogen-bond acceptors (Lipinski definition) is 5. The molecule has 1 saturated heterocycles. The Morgan fingerprint density at radius 2 is 1.26 bits per heavy atom. The van der Waals surface area contributed by atoms with Crippen LogP contribution in [0.3, 0.4) is 0 Å². The number of carboxylic acid groups (broad SMARTS) is 2. The molecule has 34 heavy (non-hydrogen) atoms. The van der Waals surface area contributed by atoms with Gasteiger partial charge in [0.2, 0.25) is 0 Å². The molecule has 2 aromatic carbocycles. The lowest BCUT2D eigenvalue weighted by molar-refractivity contribution is -0.159. The molecule has 0 radical (unpaired) electrons. The van der Waals surface area contributed by atoms with Crippen LogP contribution in [0.25, 0.3) is 5.57 Å². The summed E-state index contributed by atoms with van der Waals surface area (Å²) in [5, 5.41) is 14.8. The standard InChI is InChI=1S/C25H29NO2.C2H2O4/c27-24(28-23-13-7-8-14-23)19-26-17-15-22(16-18-26)25(20-9-3-1-4-10-20)21-11-5-2-6-12-21;3-1(4)2(5)6/h1-6,9-12,23H,7-8,13-19H2;(H,3,4)(H,5,6). The number of likely N-dealkylation sites (tertiary alicyclic amines) is 1. The molecule has 0 spiro atoms. The molecule has 1 heterocycles. The maximum atomic E-state index is 12.2. The Morgan fingerprint density at radius 1 is 0.794 bits per heavy atom. The molecule has 2 N–H and O–H groups in total. The topological polar surface area (TPSA) is 104 Å². The summed E-state index contributed by atoms with van der Waals surface area (Å²) in [4.78, 5) is 32.7.